The Morgan fingerprint density at radius 1 is 1.27 bits per heavy atom. The number of hydrogen-bond donors (Lipinski definition) is 1. The third kappa shape index (κ3) is 1.96. The van der Waals surface area contributed by atoms with Crippen molar-refractivity contribution in [1.29, 1.82) is 0 Å². The summed E-state index contributed by atoms with van der Waals surface area (Å²) in [6.07, 6.45) is 3.50. The van der Waals surface area contributed by atoms with Crippen LogP contribution in [0.4, 0.5) is 4.39 Å². The second-order valence-electron chi connectivity index (χ2n) is 3.56. The smallest absolute Gasteiger partial charge is 0.129 e. The molecule has 0 bridgehead atoms. The lowest BCUT2D eigenvalue weighted by Crippen LogP contribution is -2.35. The lowest BCUT2D eigenvalue weighted by atomic mass is 9.92. The van der Waals surface area contributed by atoms with Gasteiger partial charge in [-0.3, -0.25) is 0 Å². The van der Waals surface area contributed by atoms with Crippen molar-refractivity contribution in [3.8, 4) is 0 Å². The second kappa shape index (κ2) is 3.80. The molecule has 0 fully saturated rings. The fraction of sp³-hybridized carbons (Fsp3) is 0.167. The monoisotopic (exact) mass is 223 g/mol. The molecule has 0 aromatic heterocycles. The Hall–Kier alpha value is -1.12. The van der Waals surface area contributed by atoms with Gasteiger partial charge in [-0.2, -0.15) is 0 Å². The van der Waals surface area contributed by atoms with Gasteiger partial charge < -0.3 is 5.73 Å². The van der Waals surface area contributed by atoms with Crippen LogP contribution in [0.15, 0.2) is 48.3 Å². The molecule has 0 amide bonds. The second-order valence-corrected chi connectivity index (χ2v) is 4.23. The third-order valence-corrected chi connectivity index (χ3v) is 2.74. The number of rotatable bonds is 1. The van der Waals surface area contributed by atoms with E-state index in [9.17, 15) is 4.39 Å². The lowest BCUT2D eigenvalue weighted by Gasteiger charge is -2.27. The largest absolute Gasteiger partial charge is 0.309 e. The Morgan fingerprint density at radius 3 is 2.53 bits per heavy atom. The first-order valence-corrected chi connectivity index (χ1v) is 5.09. The minimum Gasteiger partial charge on any atom is -0.309 e. The zero-order valence-electron chi connectivity index (χ0n) is 8.08. The summed E-state index contributed by atoms with van der Waals surface area (Å²) in [5.74, 6) is -0.357. The molecular weight excluding hydrogens is 213 g/mol. The summed E-state index contributed by atoms with van der Waals surface area (Å²) in [6.45, 7) is 0. The van der Waals surface area contributed by atoms with Crippen molar-refractivity contribution in [3.63, 3.8) is 0 Å². The summed E-state index contributed by atoms with van der Waals surface area (Å²) in [7, 11) is 0. The van der Waals surface area contributed by atoms with Gasteiger partial charge in [-0.1, -0.05) is 48.0 Å². The Bertz CT molecular complexity index is 421. The Kier molecular flexibility index (Phi) is 2.63. The van der Waals surface area contributed by atoms with Crippen LogP contribution in [0.5, 0.6) is 0 Å². The molecule has 1 nitrogen and oxygen atoms in total. The van der Waals surface area contributed by atoms with Crippen molar-refractivity contribution < 1.29 is 4.39 Å². The van der Waals surface area contributed by atoms with Gasteiger partial charge in [0.15, 0.2) is 0 Å². The highest BCUT2D eigenvalue weighted by Gasteiger charge is 2.31. The molecule has 78 valence electrons. The molecule has 1 aliphatic carbocycles. The van der Waals surface area contributed by atoms with Gasteiger partial charge in [0.25, 0.3) is 0 Å². The summed E-state index contributed by atoms with van der Waals surface area (Å²) in [4.78, 5) is -1.14. The van der Waals surface area contributed by atoms with Gasteiger partial charge in [-0.25, -0.2) is 4.39 Å². The quantitative estimate of drug-likeness (QED) is 0.574. The summed E-state index contributed by atoms with van der Waals surface area (Å²) < 4.78 is 13.7. The molecule has 1 aliphatic rings. The maximum Gasteiger partial charge on any atom is 0.129 e. The van der Waals surface area contributed by atoms with Crippen LogP contribution in [0.3, 0.4) is 0 Å². The van der Waals surface area contributed by atoms with E-state index in [0.717, 1.165) is 5.56 Å². The average molecular weight is 224 g/mol. The van der Waals surface area contributed by atoms with Crippen molar-refractivity contribution in [2.75, 3.05) is 0 Å². The van der Waals surface area contributed by atoms with Gasteiger partial charge in [0, 0.05) is 12.0 Å². The highest BCUT2D eigenvalue weighted by atomic mass is 35.5. The molecule has 2 rings (SSSR count). The topological polar surface area (TPSA) is 26.0 Å². The van der Waals surface area contributed by atoms with Crippen molar-refractivity contribution in [2.45, 2.75) is 11.4 Å². The van der Waals surface area contributed by atoms with Gasteiger partial charge in [0.2, 0.25) is 0 Å². The summed E-state index contributed by atoms with van der Waals surface area (Å²) in [6, 6.07) is 9.14. The van der Waals surface area contributed by atoms with Crippen LogP contribution in [-0.2, 0) is 0 Å². The molecule has 1 unspecified atom stereocenters. The molecule has 0 heterocycles. The average Bonchev–Trinajstić information content (AvgIpc) is 2.17. The Labute approximate surface area is 93.0 Å². The fourth-order valence-electron chi connectivity index (χ4n) is 1.70. The predicted molar refractivity (Wildman–Crippen MR) is 61.0 cm³/mol. The van der Waals surface area contributed by atoms with Gasteiger partial charge in [-0.05, 0) is 11.6 Å². The zero-order chi connectivity index (χ0) is 10.9. The molecular formula is C12H11ClFN. The van der Waals surface area contributed by atoms with Crippen LogP contribution in [0.1, 0.15) is 12.0 Å². The van der Waals surface area contributed by atoms with Gasteiger partial charge >= 0.3 is 0 Å². The van der Waals surface area contributed by atoms with E-state index in [1.165, 1.54) is 6.08 Å². The first kappa shape index (κ1) is 10.4. The lowest BCUT2D eigenvalue weighted by molar-refractivity contribution is 0.634. The SMILES string of the molecule is NC1(Cl)CC=CC(F)=C1c1ccccc1. The molecule has 2 N–H and O–H groups in total. The van der Waals surface area contributed by atoms with Crippen LogP contribution >= 0.6 is 11.6 Å². The van der Waals surface area contributed by atoms with Crippen molar-refractivity contribution in [2.24, 2.45) is 5.73 Å². The number of nitrogens with two attached hydrogens (primary N) is 1. The Morgan fingerprint density at radius 2 is 1.93 bits per heavy atom. The zero-order valence-corrected chi connectivity index (χ0v) is 8.84. The Balaban J connectivity index is 2.54. The standard InChI is InChI=1S/C12H11ClFN/c13-12(15)8-4-7-10(14)11(12)9-5-2-1-3-6-9/h1-7H,8,15H2. The van der Waals surface area contributed by atoms with Crippen LogP contribution in [0.2, 0.25) is 0 Å². The maximum absolute atomic E-state index is 13.7. The number of benzene rings is 1. The van der Waals surface area contributed by atoms with Gasteiger partial charge in [-0.15, -0.1) is 0 Å². The van der Waals surface area contributed by atoms with Crippen molar-refractivity contribution in [3.05, 3.63) is 53.9 Å². The van der Waals surface area contributed by atoms with Crippen molar-refractivity contribution >= 4 is 17.2 Å². The van der Waals surface area contributed by atoms with Gasteiger partial charge in [0.05, 0.1) is 0 Å². The van der Waals surface area contributed by atoms with Crippen LogP contribution < -0.4 is 5.73 Å². The summed E-state index contributed by atoms with van der Waals surface area (Å²) in [5, 5.41) is 0. The first-order valence-electron chi connectivity index (χ1n) is 4.71. The molecule has 0 spiro atoms. The molecule has 1 atom stereocenters. The fourth-order valence-corrected chi connectivity index (χ4v) is 1.99. The van der Waals surface area contributed by atoms with Crippen molar-refractivity contribution in [1.82, 2.24) is 0 Å². The van der Waals surface area contributed by atoms with Crippen LogP contribution in [-0.4, -0.2) is 5.00 Å². The molecule has 1 aromatic carbocycles. The van der Waals surface area contributed by atoms with E-state index < -0.39 is 5.00 Å². The highest BCUT2D eigenvalue weighted by Crippen LogP contribution is 2.38. The van der Waals surface area contributed by atoms with E-state index in [1.54, 1.807) is 18.2 Å². The maximum atomic E-state index is 13.7. The van der Waals surface area contributed by atoms with E-state index >= 15 is 0 Å². The summed E-state index contributed by atoms with van der Waals surface area (Å²) in [5.41, 5.74) is 6.96. The van der Waals surface area contributed by atoms with Crippen LogP contribution in [0.25, 0.3) is 5.57 Å². The van der Waals surface area contributed by atoms with E-state index in [1.807, 2.05) is 18.2 Å². The third-order valence-electron chi connectivity index (χ3n) is 2.40. The normalized spacial score (nSPS) is 25.8. The minimum atomic E-state index is -1.14. The number of alkyl halides is 1. The number of allylic oxidation sites excluding steroid dienone is 2. The van der Waals surface area contributed by atoms with Gasteiger partial charge in [0.1, 0.15) is 10.8 Å². The minimum absolute atomic E-state index is 0.357. The predicted octanol–water partition coefficient (Wildman–Crippen LogP) is 3.22. The molecule has 0 saturated heterocycles. The van der Waals surface area contributed by atoms with E-state index in [4.69, 9.17) is 17.3 Å². The number of hydrogen-bond acceptors (Lipinski definition) is 1. The van der Waals surface area contributed by atoms with Crippen LogP contribution in [0, 0.1) is 0 Å². The summed E-state index contributed by atoms with van der Waals surface area (Å²) >= 11 is 6.10. The number of halogens is 2. The molecule has 0 aliphatic heterocycles. The molecule has 3 heteroatoms. The van der Waals surface area contributed by atoms with E-state index in [0.29, 0.717) is 12.0 Å². The highest BCUT2D eigenvalue weighted by molar-refractivity contribution is 6.30. The molecule has 0 radical (unpaired) electrons. The molecule has 0 saturated carbocycles. The first-order chi connectivity index (χ1) is 7.11. The molecule has 15 heavy (non-hydrogen) atoms. The van der Waals surface area contributed by atoms with E-state index in [-0.39, 0.29) is 5.83 Å². The van der Waals surface area contributed by atoms with E-state index in [2.05, 4.69) is 0 Å². The molecule has 1 aromatic rings.